The van der Waals surface area contributed by atoms with Gasteiger partial charge in [-0.05, 0) is 91.1 Å². The number of aryl methyl sites for hydroxylation is 2. The molecule has 6 nitrogen and oxygen atoms in total. The van der Waals surface area contributed by atoms with E-state index in [4.69, 9.17) is 25.8 Å². The Balaban J connectivity index is 1.65. The lowest BCUT2D eigenvalue weighted by Crippen LogP contribution is -2.44. The smallest absolute Gasteiger partial charge is 0.322 e. The lowest BCUT2D eigenvalue weighted by atomic mass is 9.92. The van der Waals surface area contributed by atoms with E-state index in [0.29, 0.717) is 41.8 Å². The van der Waals surface area contributed by atoms with Gasteiger partial charge in [0.1, 0.15) is 12.4 Å². The monoisotopic (exact) mass is 480 g/mol. The van der Waals surface area contributed by atoms with Gasteiger partial charge in [0.25, 0.3) is 0 Å². The zero-order chi connectivity index (χ0) is 24.2. The lowest BCUT2D eigenvalue weighted by molar-refractivity contribution is 0.144. The summed E-state index contributed by atoms with van der Waals surface area (Å²) in [6.45, 7) is 4.93. The molecule has 0 bridgehead atoms. The number of urea groups is 1. The standard InChI is InChI=1S/C27H29ClN2O4/c1-17-11-18(2)13-22(12-17)34-16-24-23-15-26(33-4)25(32-3)14-19(23)9-10-30(24)27(31)29-21-7-5-20(28)6-8-21/h5-8,11-15,24H,9-10,16H2,1-4H3,(H,29,31)/t24-/m1/s1. The molecule has 178 valence electrons. The maximum Gasteiger partial charge on any atom is 0.322 e. The van der Waals surface area contributed by atoms with Crippen molar-refractivity contribution >= 4 is 23.3 Å². The van der Waals surface area contributed by atoms with E-state index in [1.165, 1.54) is 0 Å². The van der Waals surface area contributed by atoms with Crippen LogP contribution >= 0.6 is 11.6 Å². The fraction of sp³-hybridized carbons (Fsp3) is 0.296. The van der Waals surface area contributed by atoms with E-state index >= 15 is 0 Å². The number of fused-ring (bicyclic) bond motifs is 1. The molecule has 0 radical (unpaired) electrons. The second kappa shape index (κ2) is 10.3. The van der Waals surface area contributed by atoms with Crippen LogP contribution in [0, 0.1) is 13.8 Å². The van der Waals surface area contributed by atoms with Crippen LogP contribution < -0.4 is 19.5 Å². The number of anilines is 1. The molecular formula is C27H29ClN2O4. The number of hydrogen-bond acceptors (Lipinski definition) is 4. The first-order chi connectivity index (χ1) is 16.4. The van der Waals surface area contributed by atoms with Gasteiger partial charge in [-0.25, -0.2) is 4.79 Å². The average Bonchev–Trinajstić information content (AvgIpc) is 2.82. The molecule has 1 atom stereocenters. The molecule has 2 amide bonds. The number of nitrogens with zero attached hydrogens (tertiary/aromatic N) is 1. The second-order valence-electron chi connectivity index (χ2n) is 8.44. The molecule has 4 rings (SSSR count). The SMILES string of the molecule is COc1cc2c(cc1OC)[C@@H](COc1cc(C)cc(C)c1)N(C(=O)Nc1ccc(Cl)cc1)CC2. The number of benzene rings is 3. The predicted molar refractivity (Wildman–Crippen MR) is 135 cm³/mol. The Morgan fingerprint density at radius 2 is 1.65 bits per heavy atom. The Morgan fingerprint density at radius 1 is 1.00 bits per heavy atom. The molecule has 0 saturated carbocycles. The van der Waals surface area contributed by atoms with Gasteiger partial charge in [0.05, 0.1) is 20.3 Å². The van der Waals surface area contributed by atoms with Gasteiger partial charge >= 0.3 is 6.03 Å². The van der Waals surface area contributed by atoms with Crippen molar-refractivity contribution in [2.75, 3.05) is 32.7 Å². The van der Waals surface area contributed by atoms with E-state index in [-0.39, 0.29) is 12.1 Å². The van der Waals surface area contributed by atoms with Crippen LogP contribution in [-0.4, -0.2) is 38.3 Å². The van der Waals surface area contributed by atoms with Gasteiger partial charge in [-0.2, -0.15) is 0 Å². The number of nitrogens with one attached hydrogen (secondary N) is 1. The molecule has 0 spiro atoms. The molecule has 1 aliphatic heterocycles. The normalized spacial score (nSPS) is 14.9. The van der Waals surface area contributed by atoms with Crippen molar-refractivity contribution in [1.82, 2.24) is 4.90 Å². The number of hydrogen-bond donors (Lipinski definition) is 1. The zero-order valence-corrected chi connectivity index (χ0v) is 20.6. The van der Waals surface area contributed by atoms with Crippen molar-refractivity contribution in [3.05, 3.63) is 81.9 Å². The fourth-order valence-electron chi connectivity index (χ4n) is 4.37. The Labute approximate surface area is 205 Å². The molecular weight excluding hydrogens is 452 g/mol. The summed E-state index contributed by atoms with van der Waals surface area (Å²) in [7, 11) is 3.23. The van der Waals surface area contributed by atoms with Gasteiger partial charge in [0, 0.05) is 17.3 Å². The summed E-state index contributed by atoms with van der Waals surface area (Å²) in [5, 5.41) is 3.60. The number of methoxy groups -OCH3 is 2. The van der Waals surface area contributed by atoms with E-state index in [1.54, 1.807) is 38.5 Å². The van der Waals surface area contributed by atoms with Gasteiger partial charge in [-0.15, -0.1) is 0 Å². The number of rotatable bonds is 6. The first-order valence-corrected chi connectivity index (χ1v) is 11.5. The Kier molecular flexibility index (Phi) is 7.17. The van der Waals surface area contributed by atoms with Crippen LogP contribution in [0.1, 0.15) is 28.3 Å². The van der Waals surface area contributed by atoms with Crippen molar-refractivity contribution in [2.45, 2.75) is 26.3 Å². The van der Waals surface area contributed by atoms with E-state index in [2.05, 4.69) is 11.4 Å². The molecule has 3 aromatic rings. The Hall–Kier alpha value is -3.38. The summed E-state index contributed by atoms with van der Waals surface area (Å²) in [6.07, 6.45) is 0.698. The minimum absolute atomic E-state index is 0.197. The number of amides is 2. The number of halogens is 1. The van der Waals surface area contributed by atoms with Crippen molar-refractivity contribution in [3.8, 4) is 17.2 Å². The van der Waals surface area contributed by atoms with Crippen LogP contribution in [0.25, 0.3) is 0 Å². The van der Waals surface area contributed by atoms with Gasteiger partial charge in [0.2, 0.25) is 0 Å². The molecule has 0 aromatic heterocycles. The van der Waals surface area contributed by atoms with E-state index < -0.39 is 0 Å². The highest BCUT2D eigenvalue weighted by atomic mass is 35.5. The van der Waals surface area contributed by atoms with Crippen molar-refractivity contribution < 1.29 is 19.0 Å². The molecule has 34 heavy (non-hydrogen) atoms. The van der Waals surface area contributed by atoms with E-state index in [9.17, 15) is 4.79 Å². The van der Waals surface area contributed by atoms with Gasteiger partial charge in [0.15, 0.2) is 11.5 Å². The topological polar surface area (TPSA) is 60.0 Å². The van der Waals surface area contributed by atoms with Crippen LogP contribution in [0.3, 0.4) is 0 Å². The second-order valence-corrected chi connectivity index (χ2v) is 8.87. The third-order valence-electron chi connectivity index (χ3n) is 5.96. The number of carbonyl (C=O) groups excluding carboxylic acids is 1. The highest BCUT2D eigenvalue weighted by molar-refractivity contribution is 6.30. The Morgan fingerprint density at radius 3 is 2.29 bits per heavy atom. The quantitative estimate of drug-likeness (QED) is 0.457. The molecule has 1 aliphatic rings. The largest absolute Gasteiger partial charge is 0.493 e. The maximum absolute atomic E-state index is 13.3. The molecule has 3 aromatic carbocycles. The highest BCUT2D eigenvalue weighted by Gasteiger charge is 2.33. The zero-order valence-electron chi connectivity index (χ0n) is 19.9. The summed E-state index contributed by atoms with van der Waals surface area (Å²) in [6, 6.07) is 16.6. The molecule has 1 N–H and O–H groups in total. The fourth-order valence-corrected chi connectivity index (χ4v) is 4.50. The van der Waals surface area contributed by atoms with Crippen LogP contribution in [0.2, 0.25) is 5.02 Å². The summed E-state index contributed by atoms with van der Waals surface area (Å²) >= 11 is 5.99. The Bertz CT molecular complexity index is 1160. The molecule has 0 aliphatic carbocycles. The van der Waals surface area contributed by atoms with Crippen LogP contribution in [0.4, 0.5) is 10.5 Å². The summed E-state index contributed by atoms with van der Waals surface area (Å²) < 4.78 is 17.3. The maximum atomic E-state index is 13.3. The van der Waals surface area contributed by atoms with Crippen LogP contribution in [0.15, 0.2) is 54.6 Å². The van der Waals surface area contributed by atoms with E-state index in [1.807, 2.05) is 43.0 Å². The van der Waals surface area contributed by atoms with Crippen molar-refractivity contribution in [1.29, 1.82) is 0 Å². The average molecular weight is 481 g/mol. The molecule has 0 unspecified atom stereocenters. The van der Waals surface area contributed by atoms with Crippen LogP contribution in [0.5, 0.6) is 17.2 Å². The molecule has 0 saturated heterocycles. The molecule has 7 heteroatoms. The first kappa shape index (κ1) is 23.8. The number of carbonyl (C=O) groups is 1. The summed E-state index contributed by atoms with van der Waals surface area (Å²) in [4.78, 5) is 15.2. The summed E-state index contributed by atoms with van der Waals surface area (Å²) in [5.41, 5.74) is 5.04. The number of ether oxygens (including phenoxy) is 3. The van der Waals surface area contributed by atoms with Gasteiger partial charge in [-0.1, -0.05) is 17.7 Å². The highest BCUT2D eigenvalue weighted by Crippen LogP contribution is 2.38. The molecule has 0 fully saturated rings. The van der Waals surface area contributed by atoms with Crippen LogP contribution in [-0.2, 0) is 6.42 Å². The lowest BCUT2D eigenvalue weighted by Gasteiger charge is -2.37. The predicted octanol–water partition coefficient (Wildman–Crippen LogP) is 6.18. The van der Waals surface area contributed by atoms with Gasteiger partial charge < -0.3 is 24.4 Å². The van der Waals surface area contributed by atoms with Crippen molar-refractivity contribution in [3.63, 3.8) is 0 Å². The van der Waals surface area contributed by atoms with E-state index in [0.717, 1.165) is 28.0 Å². The van der Waals surface area contributed by atoms with Gasteiger partial charge in [-0.3, -0.25) is 0 Å². The minimum atomic E-state index is -0.309. The third kappa shape index (κ3) is 5.23. The third-order valence-corrected chi connectivity index (χ3v) is 6.21. The van der Waals surface area contributed by atoms with Crippen molar-refractivity contribution in [2.24, 2.45) is 0 Å². The molecule has 1 heterocycles. The summed E-state index contributed by atoms with van der Waals surface area (Å²) in [5.74, 6) is 2.08. The minimum Gasteiger partial charge on any atom is -0.493 e. The first-order valence-electron chi connectivity index (χ1n) is 11.2.